The molecule has 2 aromatic heterocycles. The van der Waals surface area contributed by atoms with Crippen LogP contribution in [0, 0.1) is 13.8 Å². The van der Waals surface area contributed by atoms with Crippen molar-refractivity contribution in [3.63, 3.8) is 0 Å². The summed E-state index contributed by atoms with van der Waals surface area (Å²) >= 11 is 0. The second-order valence-electron chi connectivity index (χ2n) is 4.49. The van der Waals surface area contributed by atoms with Crippen molar-refractivity contribution in [2.45, 2.75) is 26.3 Å². The van der Waals surface area contributed by atoms with E-state index in [2.05, 4.69) is 28.4 Å². The summed E-state index contributed by atoms with van der Waals surface area (Å²) in [6.45, 7) is 4.10. The molecule has 0 aromatic carbocycles. The number of hydrogen-bond acceptors (Lipinski definition) is 4. The van der Waals surface area contributed by atoms with Crippen molar-refractivity contribution >= 4 is 0 Å². The minimum Gasteiger partial charge on any atom is -0.271 e. The molecule has 2 heterocycles. The molecule has 4 heteroatoms. The van der Waals surface area contributed by atoms with Gasteiger partial charge in [-0.2, -0.15) is 0 Å². The van der Waals surface area contributed by atoms with E-state index in [1.165, 1.54) is 5.56 Å². The molecule has 0 aliphatic carbocycles. The van der Waals surface area contributed by atoms with Crippen molar-refractivity contribution in [3.8, 4) is 0 Å². The molecule has 2 rings (SSSR count). The highest BCUT2D eigenvalue weighted by Crippen LogP contribution is 2.19. The first kappa shape index (κ1) is 12.7. The van der Waals surface area contributed by atoms with E-state index in [-0.39, 0.29) is 6.04 Å². The van der Waals surface area contributed by atoms with Gasteiger partial charge in [-0.25, -0.2) is 0 Å². The SMILES string of the molecule is Cc1cnc(C(Cc2ccncc2)NN)c(C)c1. The van der Waals surface area contributed by atoms with Crippen LogP contribution in [-0.4, -0.2) is 9.97 Å². The smallest absolute Gasteiger partial charge is 0.0675 e. The van der Waals surface area contributed by atoms with Gasteiger partial charge < -0.3 is 0 Å². The lowest BCUT2D eigenvalue weighted by Gasteiger charge is -2.17. The summed E-state index contributed by atoms with van der Waals surface area (Å²) in [5.41, 5.74) is 7.36. The van der Waals surface area contributed by atoms with Crippen molar-refractivity contribution in [3.05, 3.63) is 59.2 Å². The van der Waals surface area contributed by atoms with Gasteiger partial charge in [-0.15, -0.1) is 0 Å². The number of aromatic nitrogens is 2. The lowest BCUT2D eigenvalue weighted by atomic mass is 10.0. The van der Waals surface area contributed by atoms with Gasteiger partial charge in [-0.3, -0.25) is 21.2 Å². The van der Waals surface area contributed by atoms with Crippen LogP contribution in [0.25, 0.3) is 0 Å². The van der Waals surface area contributed by atoms with Crippen molar-refractivity contribution < 1.29 is 0 Å². The topological polar surface area (TPSA) is 63.8 Å². The molecule has 0 spiro atoms. The molecule has 0 amide bonds. The maximum atomic E-state index is 5.65. The zero-order valence-electron chi connectivity index (χ0n) is 10.7. The third kappa shape index (κ3) is 2.91. The third-order valence-corrected chi connectivity index (χ3v) is 2.98. The Labute approximate surface area is 107 Å². The van der Waals surface area contributed by atoms with Gasteiger partial charge in [0.25, 0.3) is 0 Å². The van der Waals surface area contributed by atoms with Gasteiger partial charge in [0.2, 0.25) is 0 Å². The first-order valence-electron chi connectivity index (χ1n) is 5.99. The van der Waals surface area contributed by atoms with Crippen LogP contribution in [0.2, 0.25) is 0 Å². The van der Waals surface area contributed by atoms with Crippen LogP contribution < -0.4 is 11.3 Å². The molecule has 0 radical (unpaired) electrons. The monoisotopic (exact) mass is 242 g/mol. The van der Waals surface area contributed by atoms with Crippen molar-refractivity contribution in [1.29, 1.82) is 0 Å². The van der Waals surface area contributed by atoms with E-state index >= 15 is 0 Å². The van der Waals surface area contributed by atoms with Crippen LogP contribution in [0.3, 0.4) is 0 Å². The Morgan fingerprint density at radius 2 is 2.00 bits per heavy atom. The van der Waals surface area contributed by atoms with Crippen LogP contribution in [0.15, 0.2) is 36.8 Å². The Morgan fingerprint density at radius 1 is 1.28 bits per heavy atom. The van der Waals surface area contributed by atoms with Crippen molar-refractivity contribution in [1.82, 2.24) is 15.4 Å². The van der Waals surface area contributed by atoms with Crippen LogP contribution in [0.5, 0.6) is 0 Å². The second-order valence-corrected chi connectivity index (χ2v) is 4.49. The number of rotatable bonds is 4. The van der Waals surface area contributed by atoms with Gasteiger partial charge in [0.05, 0.1) is 11.7 Å². The number of nitrogens with zero attached hydrogens (tertiary/aromatic N) is 2. The number of pyridine rings is 2. The van der Waals surface area contributed by atoms with E-state index in [0.717, 1.165) is 23.2 Å². The molecule has 0 saturated carbocycles. The highest BCUT2D eigenvalue weighted by atomic mass is 15.2. The Kier molecular flexibility index (Phi) is 4.02. The molecule has 0 aliphatic heterocycles. The zero-order valence-corrected chi connectivity index (χ0v) is 10.7. The Morgan fingerprint density at radius 3 is 2.61 bits per heavy atom. The molecule has 1 unspecified atom stereocenters. The van der Waals surface area contributed by atoms with E-state index in [1.54, 1.807) is 12.4 Å². The van der Waals surface area contributed by atoms with E-state index in [0.29, 0.717) is 0 Å². The maximum absolute atomic E-state index is 5.65. The first-order chi connectivity index (χ1) is 8.70. The molecule has 0 bridgehead atoms. The van der Waals surface area contributed by atoms with Gasteiger partial charge in [0.1, 0.15) is 0 Å². The highest BCUT2D eigenvalue weighted by Gasteiger charge is 2.14. The fraction of sp³-hybridized carbons (Fsp3) is 0.286. The highest BCUT2D eigenvalue weighted by molar-refractivity contribution is 5.27. The van der Waals surface area contributed by atoms with Crippen molar-refractivity contribution in [2.24, 2.45) is 5.84 Å². The van der Waals surface area contributed by atoms with E-state index in [4.69, 9.17) is 5.84 Å². The lowest BCUT2D eigenvalue weighted by Crippen LogP contribution is -2.30. The minimum absolute atomic E-state index is 0.0213. The molecular weight excluding hydrogens is 224 g/mol. The zero-order chi connectivity index (χ0) is 13.0. The van der Waals surface area contributed by atoms with Gasteiger partial charge in [-0.05, 0) is 49.1 Å². The third-order valence-electron chi connectivity index (χ3n) is 2.98. The second kappa shape index (κ2) is 5.71. The molecule has 18 heavy (non-hydrogen) atoms. The molecule has 4 nitrogen and oxygen atoms in total. The summed E-state index contributed by atoms with van der Waals surface area (Å²) in [5, 5.41) is 0. The van der Waals surface area contributed by atoms with Gasteiger partial charge in [-0.1, -0.05) is 6.07 Å². The minimum atomic E-state index is 0.0213. The summed E-state index contributed by atoms with van der Waals surface area (Å²) < 4.78 is 0. The molecule has 0 aliphatic rings. The standard InChI is InChI=1S/C14H18N4/c1-10-7-11(2)14(17-9-10)13(18-15)8-12-3-5-16-6-4-12/h3-7,9,13,18H,8,15H2,1-2H3. The average Bonchev–Trinajstić information content (AvgIpc) is 2.38. The van der Waals surface area contributed by atoms with Crippen LogP contribution in [0.1, 0.15) is 28.4 Å². The summed E-state index contributed by atoms with van der Waals surface area (Å²) in [5.74, 6) is 5.65. The summed E-state index contributed by atoms with van der Waals surface area (Å²) in [6.07, 6.45) is 6.26. The molecule has 0 fully saturated rings. The number of nitrogens with one attached hydrogen (secondary N) is 1. The molecular formula is C14H18N4. The van der Waals surface area contributed by atoms with Crippen molar-refractivity contribution in [2.75, 3.05) is 0 Å². The van der Waals surface area contributed by atoms with Crippen LogP contribution in [0.4, 0.5) is 0 Å². The summed E-state index contributed by atoms with van der Waals surface area (Å²) in [4.78, 5) is 8.50. The first-order valence-corrected chi connectivity index (χ1v) is 5.99. The van der Waals surface area contributed by atoms with Crippen LogP contribution >= 0.6 is 0 Å². The van der Waals surface area contributed by atoms with E-state index < -0.39 is 0 Å². The molecule has 2 aromatic rings. The molecule has 3 N–H and O–H groups in total. The summed E-state index contributed by atoms with van der Waals surface area (Å²) in [6, 6.07) is 6.13. The van der Waals surface area contributed by atoms with E-state index in [9.17, 15) is 0 Å². The molecule has 1 atom stereocenters. The number of aryl methyl sites for hydroxylation is 2. The van der Waals surface area contributed by atoms with E-state index in [1.807, 2.05) is 25.3 Å². The average molecular weight is 242 g/mol. The quantitative estimate of drug-likeness (QED) is 0.634. The predicted molar refractivity (Wildman–Crippen MR) is 71.7 cm³/mol. The van der Waals surface area contributed by atoms with Gasteiger partial charge in [0, 0.05) is 18.6 Å². The lowest BCUT2D eigenvalue weighted by molar-refractivity contribution is 0.535. The largest absolute Gasteiger partial charge is 0.271 e. The van der Waals surface area contributed by atoms with Gasteiger partial charge in [0.15, 0.2) is 0 Å². The fourth-order valence-corrected chi connectivity index (χ4v) is 2.08. The number of hydrogen-bond donors (Lipinski definition) is 2. The number of nitrogens with two attached hydrogens (primary N) is 1. The van der Waals surface area contributed by atoms with Gasteiger partial charge >= 0.3 is 0 Å². The summed E-state index contributed by atoms with van der Waals surface area (Å²) in [7, 11) is 0. The number of hydrazine groups is 1. The fourth-order valence-electron chi connectivity index (χ4n) is 2.08. The predicted octanol–water partition coefficient (Wildman–Crippen LogP) is 1.84. The normalized spacial score (nSPS) is 12.4. The maximum Gasteiger partial charge on any atom is 0.0675 e. The molecule has 94 valence electrons. The Bertz CT molecular complexity index is 510. The molecule has 0 saturated heterocycles. The van der Waals surface area contributed by atoms with Crippen LogP contribution in [-0.2, 0) is 6.42 Å². The Balaban J connectivity index is 2.23. The Hall–Kier alpha value is -1.78.